The number of hydrogen-bond acceptors (Lipinski definition) is 4. The molecule has 3 rings (SSSR count). The van der Waals surface area contributed by atoms with Gasteiger partial charge in [0.1, 0.15) is 5.75 Å². The number of hydrogen-bond donors (Lipinski definition) is 1. The van der Waals surface area contributed by atoms with Crippen LogP contribution in [0.2, 0.25) is 0 Å². The highest BCUT2D eigenvalue weighted by atomic mass is 16.5. The van der Waals surface area contributed by atoms with Gasteiger partial charge in [0.25, 0.3) is 5.91 Å². The summed E-state index contributed by atoms with van der Waals surface area (Å²) in [6.07, 6.45) is 0. The Kier molecular flexibility index (Phi) is 6.63. The molecular formula is C21H26N2O3. The van der Waals surface area contributed by atoms with Crippen molar-refractivity contribution in [2.75, 3.05) is 32.9 Å². The predicted octanol–water partition coefficient (Wildman–Crippen LogP) is 2.85. The third-order valence-electron chi connectivity index (χ3n) is 4.46. The SMILES string of the molecule is CCOc1cccc(C(=O)NCc2ccccc2CN2CCOCC2)c1. The van der Waals surface area contributed by atoms with Gasteiger partial charge in [-0.15, -0.1) is 0 Å². The fourth-order valence-electron chi connectivity index (χ4n) is 3.06. The van der Waals surface area contributed by atoms with E-state index >= 15 is 0 Å². The Morgan fingerprint density at radius 1 is 1.12 bits per heavy atom. The quantitative estimate of drug-likeness (QED) is 0.831. The van der Waals surface area contributed by atoms with Crippen LogP contribution in [0, 0.1) is 0 Å². The number of rotatable bonds is 7. The van der Waals surface area contributed by atoms with Crippen molar-refractivity contribution in [2.45, 2.75) is 20.0 Å². The summed E-state index contributed by atoms with van der Waals surface area (Å²) < 4.78 is 10.9. The zero-order valence-electron chi connectivity index (χ0n) is 15.2. The molecule has 0 aliphatic carbocycles. The standard InChI is InChI=1S/C21H26N2O3/c1-2-26-20-9-5-8-17(14-20)21(24)22-15-18-6-3-4-7-19(18)16-23-10-12-25-13-11-23/h3-9,14H,2,10-13,15-16H2,1H3,(H,22,24). The van der Waals surface area contributed by atoms with Crippen LogP contribution in [0.25, 0.3) is 0 Å². The van der Waals surface area contributed by atoms with E-state index in [-0.39, 0.29) is 5.91 Å². The number of benzene rings is 2. The third kappa shape index (κ3) is 5.07. The van der Waals surface area contributed by atoms with E-state index in [1.54, 1.807) is 12.1 Å². The minimum Gasteiger partial charge on any atom is -0.494 e. The molecule has 138 valence electrons. The summed E-state index contributed by atoms with van der Waals surface area (Å²) in [6, 6.07) is 15.5. The molecule has 5 nitrogen and oxygen atoms in total. The van der Waals surface area contributed by atoms with Gasteiger partial charge < -0.3 is 14.8 Å². The van der Waals surface area contributed by atoms with E-state index < -0.39 is 0 Å². The van der Waals surface area contributed by atoms with Crippen molar-refractivity contribution < 1.29 is 14.3 Å². The fourth-order valence-corrected chi connectivity index (χ4v) is 3.06. The van der Waals surface area contributed by atoms with Crippen LogP contribution in [0.4, 0.5) is 0 Å². The van der Waals surface area contributed by atoms with Crippen LogP contribution in [0.15, 0.2) is 48.5 Å². The topological polar surface area (TPSA) is 50.8 Å². The van der Waals surface area contributed by atoms with Gasteiger partial charge in [0.05, 0.1) is 19.8 Å². The van der Waals surface area contributed by atoms with Gasteiger partial charge >= 0.3 is 0 Å². The molecule has 5 heteroatoms. The molecule has 1 N–H and O–H groups in total. The van der Waals surface area contributed by atoms with Gasteiger partial charge in [-0.25, -0.2) is 0 Å². The summed E-state index contributed by atoms with van der Waals surface area (Å²) in [7, 11) is 0. The van der Waals surface area contributed by atoms with E-state index in [1.807, 2.05) is 31.2 Å². The van der Waals surface area contributed by atoms with Gasteiger partial charge in [-0.2, -0.15) is 0 Å². The third-order valence-corrected chi connectivity index (χ3v) is 4.46. The largest absolute Gasteiger partial charge is 0.494 e. The van der Waals surface area contributed by atoms with E-state index in [2.05, 4.69) is 22.3 Å². The lowest BCUT2D eigenvalue weighted by atomic mass is 10.1. The second-order valence-electron chi connectivity index (χ2n) is 6.30. The molecular weight excluding hydrogens is 328 g/mol. The fraction of sp³-hybridized carbons (Fsp3) is 0.381. The van der Waals surface area contributed by atoms with Crippen molar-refractivity contribution in [1.82, 2.24) is 10.2 Å². The Balaban J connectivity index is 1.62. The maximum atomic E-state index is 12.5. The number of ether oxygens (including phenoxy) is 2. The summed E-state index contributed by atoms with van der Waals surface area (Å²) in [5.74, 6) is 0.626. The maximum Gasteiger partial charge on any atom is 0.251 e. The zero-order valence-corrected chi connectivity index (χ0v) is 15.2. The molecule has 26 heavy (non-hydrogen) atoms. The van der Waals surface area contributed by atoms with Gasteiger partial charge in [-0.05, 0) is 36.2 Å². The normalized spacial score (nSPS) is 14.8. The molecule has 0 radical (unpaired) electrons. The van der Waals surface area contributed by atoms with Gasteiger partial charge in [-0.1, -0.05) is 30.3 Å². The second-order valence-corrected chi connectivity index (χ2v) is 6.30. The molecule has 0 atom stereocenters. The predicted molar refractivity (Wildman–Crippen MR) is 101 cm³/mol. The average Bonchev–Trinajstić information content (AvgIpc) is 2.68. The van der Waals surface area contributed by atoms with Crippen molar-refractivity contribution >= 4 is 5.91 Å². The monoisotopic (exact) mass is 354 g/mol. The van der Waals surface area contributed by atoms with Crippen molar-refractivity contribution in [3.05, 3.63) is 65.2 Å². The highest BCUT2D eigenvalue weighted by molar-refractivity contribution is 5.94. The molecule has 0 spiro atoms. The first kappa shape index (κ1) is 18.4. The van der Waals surface area contributed by atoms with Crippen LogP contribution < -0.4 is 10.1 Å². The van der Waals surface area contributed by atoms with E-state index in [0.717, 1.165) is 38.4 Å². The van der Waals surface area contributed by atoms with E-state index in [9.17, 15) is 4.79 Å². The molecule has 0 aromatic heterocycles. The molecule has 1 amide bonds. The highest BCUT2D eigenvalue weighted by Gasteiger charge is 2.13. The Morgan fingerprint density at radius 3 is 2.65 bits per heavy atom. The molecule has 2 aromatic carbocycles. The lowest BCUT2D eigenvalue weighted by Crippen LogP contribution is -2.36. The summed E-state index contributed by atoms with van der Waals surface area (Å²) in [4.78, 5) is 14.9. The van der Waals surface area contributed by atoms with Crippen molar-refractivity contribution in [1.29, 1.82) is 0 Å². The number of morpholine rings is 1. The first-order chi connectivity index (χ1) is 12.8. The summed E-state index contributed by atoms with van der Waals surface area (Å²) in [5, 5.41) is 3.02. The lowest BCUT2D eigenvalue weighted by Gasteiger charge is -2.27. The van der Waals surface area contributed by atoms with Crippen molar-refractivity contribution in [3.63, 3.8) is 0 Å². The first-order valence-corrected chi connectivity index (χ1v) is 9.14. The van der Waals surface area contributed by atoms with Gasteiger partial charge in [0.15, 0.2) is 0 Å². The average molecular weight is 354 g/mol. The van der Waals surface area contributed by atoms with Crippen molar-refractivity contribution in [3.8, 4) is 5.75 Å². The van der Waals surface area contributed by atoms with Crippen LogP contribution >= 0.6 is 0 Å². The molecule has 0 bridgehead atoms. The van der Waals surface area contributed by atoms with Crippen LogP contribution in [0.3, 0.4) is 0 Å². The Bertz CT molecular complexity index is 727. The minimum absolute atomic E-state index is 0.0901. The number of amides is 1. The number of carbonyl (C=O) groups excluding carboxylic acids is 1. The second kappa shape index (κ2) is 9.36. The molecule has 1 aliphatic heterocycles. The molecule has 1 saturated heterocycles. The molecule has 1 heterocycles. The molecule has 0 unspecified atom stereocenters. The van der Waals surface area contributed by atoms with E-state index in [0.29, 0.717) is 24.5 Å². The van der Waals surface area contributed by atoms with Crippen LogP contribution in [0.1, 0.15) is 28.4 Å². The van der Waals surface area contributed by atoms with Crippen LogP contribution in [-0.4, -0.2) is 43.7 Å². The van der Waals surface area contributed by atoms with E-state index in [4.69, 9.17) is 9.47 Å². The van der Waals surface area contributed by atoms with Crippen LogP contribution in [0.5, 0.6) is 5.75 Å². The molecule has 1 aliphatic rings. The van der Waals surface area contributed by atoms with Crippen LogP contribution in [-0.2, 0) is 17.8 Å². The smallest absolute Gasteiger partial charge is 0.251 e. The van der Waals surface area contributed by atoms with Gasteiger partial charge in [0.2, 0.25) is 0 Å². The molecule has 2 aromatic rings. The first-order valence-electron chi connectivity index (χ1n) is 9.14. The van der Waals surface area contributed by atoms with Crippen molar-refractivity contribution in [2.24, 2.45) is 0 Å². The maximum absolute atomic E-state index is 12.5. The Morgan fingerprint density at radius 2 is 1.88 bits per heavy atom. The van der Waals surface area contributed by atoms with Gasteiger partial charge in [-0.3, -0.25) is 9.69 Å². The Labute approximate surface area is 154 Å². The molecule has 0 saturated carbocycles. The highest BCUT2D eigenvalue weighted by Crippen LogP contribution is 2.15. The number of nitrogens with zero attached hydrogens (tertiary/aromatic N) is 1. The zero-order chi connectivity index (χ0) is 18.2. The summed E-state index contributed by atoms with van der Waals surface area (Å²) in [6.45, 7) is 7.38. The Hall–Kier alpha value is -2.37. The van der Waals surface area contributed by atoms with Gasteiger partial charge in [0, 0.05) is 31.7 Å². The summed E-state index contributed by atoms with van der Waals surface area (Å²) >= 11 is 0. The lowest BCUT2D eigenvalue weighted by molar-refractivity contribution is 0.0340. The number of carbonyl (C=O) groups is 1. The molecule has 1 fully saturated rings. The summed E-state index contributed by atoms with van der Waals surface area (Å²) in [5.41, 5.74) is 3.01. The van der Waals surface area contributed by atoms with E-state index in [1.165, 1.54) is 5.56 Å². The minimum atomic E-state index is -0.0901. The number of nitrogens with one attached hydrogen (secondary N) is 1.